The lowest BCUT2D eigenvalue weighted by atomic mass is 10.1. The second kappa shape index (κ2) is 7.25. The van der Waals surface area contributed by atoms with Crippen LogP contribution >= 0.6 is 0 Å². The van der Waals surface area contributed by atoms with Crippen molar-refractivity contribution in [3.05, 3.63) is 45.6 Å². The molecule has 1 amide bonds. The third kappa shape index (κ3) is 3.96. The van der Waals surface area contributed by atoms with Gasteiger partial charge in [0.05, 0.1) is 20.3 Å². The fourth-order valence-corrected chi connectivity index (χ4v) is 1.97. The number of nitro groups is 1. The molecule has 0 aliphatic carbocycles. The first-order valence-electron chi connectivity index (χ1n) is 6.74. The summed E-state index contributed by atoms with van der Waals surface area (Å²) in [6.45, 7) is 0.356. The molecule has 1 aromatic carbocycles. The molecule has 0 radical (unpaired) electrons. The third-order valence-corrected chi connectivity index (χ3v) is 3.14. The van der Waals surface area contributed by atoms with E-state index in [0.29, 0.717) is 24.5 Å². The number of H-pyrrole nitrogens is 1. The maximum Gasteiger partial charge on any atom is 0.343 e. The van der Waals surface area contributed by atoms with Crippen molar-refractivity contribution in [1.82, 2.24) is 15.5 Å². The molecule has 1 aromatic heterocycles. The van der Waals surface area contributed by atoms with Crippen molar-refractivity contribution >= 4 is 11.7 Å². The fourth-order valence-electron chi connectivity index (χ4n) is 1.97. The molecule has 0 aliphatic heterocycles. The van der Waals surface area contributed by atoms with Crippen LogP contribution in [0.25, 0.3) is 0 Å². The van der Waals surface area contributed by atoms with Crippen molar-refractivity contribution < 1.29 is 19.2 Å². The highest BCUT2D eigenvalue weighted by atomic mass is 16.6. The van der Waals surface area contributed by atoms with E-state index >= 15 is 0 Å². The number of methoxy groups -OCH3 is 2. The molecule has 1 heterocycles. The first-order chi connectivity index (χ1) is 11.0. The Balaban J connectivity index is 1.91. The second-order valence-electron chi connectivity index (χ2n) is 4.59. The lowest BCUT2D eigenvalue weighted by Crippen LogP contribution is -2.26. The number of nitrogens with zero attached hydrogens (tertiary/aromatic N) is 2. The molecule has 0 aliphatic rings. The molecule has 2 aromatic rings. The monoisotopic (exact) mass is 320 g/mol. The number of aromatic nitrogens is 2. The van der Waals surface area contributed by atoms with Gasteiger partial charge in [-0.15, -0.1) is 5.10 Å². The number of hydrogen-bond acceptors (Lipinski definition) is 6. The van der Waals surface area contributed by atoms with Crippen LogP contribution in [-0.4, -0.2) is 41.8 Å². The molecular weight excluding hydrogens is 304 g/mol. The lowest BCUT2D eigenvalue weighted by Gasteiger charge is -2.09. The smallest absolute Gasteiger partial charge is 0.343 e. The van der Waals surface area contributed by atoms with E-state index in [9.17, 15) is 14.9 Å². The van der Waals surface area contributed by atoms with Gasteiger partial charge in [0.1, 0.15) is 0 Å². The average Bonchev–Trinajstić information content (AvgIpc) is 3.05. The largest absolute Gasteiger partial charge is 0.493 e. The summed E-state index contributed by atoms with van der Waals surface area (Å²) >= 11 is 0. The van der Waals surface area contributed by atoms with E-state index in [2.05, 4.69) is 15.5 Å². The van der Waals surface area contributed by atoms with Gasteiger partial charge in [-0.25, -0.2) is 0 Å². The van der Waals surface area contributed by atoms with Crippen molar-refractivity contribution in [2.24, 2.45) is 0 Å². The highest BCUT2D eigenvalue weighted by Gasteiger charge is 2.15. The zero-order chi connectivity index (χ0) is 16.8. The van der Waals surface area contributed by atoms with E-state index in [0.717, 1.165) is 11.6 Å². The van der Waals surface area contributed by atoms with Gasteiger partial charge in [-0.05, 0) is 29.0 Å². The molecule has 0 bridgehead atoms. The Morgan fingerprint density at radius 1 is 1.30 bits per heavy atom. The average molecular weight is 320 g/mol. The van der Waals surface area contributed by atoms with E-state index in [1.54, 1.807) is 20.3 Å². The summed E-state index contributed by atoms with van der Waals surface area (Å²) in [5, 5.41) is 19.0. The van der Waals surface area contributed by atoms with Gasteiger partial charge in [-0.1, -0.05) is 11.2 Å². The van der Waals surface area contributed by atoms with Crippen LogP contribution in [-0.2, 0) is 6.42 Å². The van der Waals surface area contributed by atoms with Gasteiger partial charge < -0.3 is 24.9 Å². The van der Waals surface area contributed by atoms with Crippen molar-refractivity contribution in [2.75, 3.05) is 20.8 Å². The maximum absolute atomic E-state index is 11.8. The molecule has 2 rings (SSSR count). The topological polar surface area (TPSA) is 119 Å². The molecule has 0 spiro atoms. The second-order valence-corrected chi connectivity index (χ2v) is 4.59. The number of carbonyl (C=O) groups excluding carboxylic acids is 1. The van der Waals surface area contributed by atoms with Crippen molar-refractivity contribution in [1.29, 1.82) is 0 Å². The van der Waals surface area contributed by atoms with E-state index in [-0.39, 0.29) is 11.5 Å². The van der Waals surface area contributed by atoms with Gasteiger partial charge in [-0.3, -0.25) is 4.79 Å². The number of benzene rings is 1. The maximum atomic E-state index is 11.8. The Labute approximate surface area is 131 Å². The zero-order valence-electron chi connectivity index (χ0n) is 12.7. The Hall–Kier alpha value is -3.10. The summed E-state index contributed by atoms with van der Waals surface area (Å²) in [5.41, 5.74) is 0.931. The summed E-state index contributed by atoms with van der Waals surface area (Å²) in [4.78, 5) is 21.7. The molecule has 2 N–H and O–H groups in total. The molecule has 23 heavy (non-hydrogen) atoms. The summed E-state index contributed by atoms with van der Waals surface area (Å²) in [7, 11) is 3.11. The molecule has 122 valence electrons. The predicted octanol–water partition coefficient (Wildman–Crippen LogP) is 1.31. The van der Waals surface area contributed by atoms with Gasteiger partial charge in [0, 0.05) is 6.54 Å². The molecule has 0 saturated carbocycles. The number of carbonyl (C=O) groups is 1. The van der Waals surface area contributed by atoms with Gasteiger partial charge >= 0.3 is 5.82 Å². The Morgan fingerprint density at radius 2 is 2.04 bits per heavy atom. The van der Waals surface area contributed by atoms with Crippen LogP contribution in [0.2, 0.25) is 0 Å². The molecule has 9 heteroatoms. The van der Waals surface area contributed by atoms with E-state index in [1.807, 2.05) is 12.1 Å². The van der Waals surface area contributed by atoms with Crippen LogP contribution in [0, 0.1) is 10.1 Å². The molecule has 0 atom stereocenters. The quantitative estimate of drug-likeness (QED) is 0.586. The minimum Gasteiger partial charge on any atom is -0.493 e. The minimum atomic E-state index is -0.645. The van der Waals surface area contributed by atoms with Crippen LogP contribution in [0.15, 0.2) is 24.3 Å². The zero-order valence-corrected chi connectivity index (χ0v) is 12.7. The molecule has 0 saturated heterocycles. The summed E-state index contributed by atoms with van der Waals surface area (Å²) in [5.74, 6) is 0.438. The van der Waals surface area contributed by atoms with Gasteiger partial charge in [0.2, 0.25) is 0 Å². The van der Waals surface area contributed by atoms with Crippen molar-refractivity contribution in [3.8, 4) is 11.5 Å². The van der Waals surface area contributed by atoms with Crippen LogP contribution in [0.1, 0.15) is 16.1 Å². The van der Waals surface area contributed by atoms with Crippen LogP contribution in [0.3, 0.4) is 0 Å². The first-order valence-corrected chi connectivity index (χ1v) is 6.74. The SMILES string of the molecule is COc1ccc(CCNC(=O)c2cc([N+](=O)[O-])[nH]n2)cc1OC. The number of ether oxygens (including phenoxy) is 2. The number of rotatable bonds is 7. The van der Waals surface area contributed by atoms with Crippen molar-refractivity contribution in [3.63, 3.8) is 0 Å². The molecular formula is C14H16N4O5. The number of aromatic amines is 1. The van der Waals surface area contributed by atoms with Gasteiger partial charge in [0.25, 0.3) is 5.91 Å². The predicted molar refractivity (Wildman–Crippen MR) is 80.8 cm³/mol. The standard InChI is InChI=1S/C14H16N4O5/c1-22-11-4-3-9(7-12(11)23-2)5-6-15-14(19)10-8-13(17-16-10)18(20)21/h3-4,7-8H,5-6H2,1-2H3,(H,15,19)(H,16,17). The minimum absolute atomic E-state index is 0.0241. The molecule has 0 fully saturated rings. The van der Waals surface area contributed by atoms with E-state index < -0.39 is 10.8 Å². The third-order valence-electron chi connectivity index (χ3n) is 3.14. The van der Waals surface area contributed by atoms with Gasteiger partial charge in [-0.2, -0.15) is 0 Å². The number of nitrogens with one attached hydrogen (secondary N) is 2. The Bertz CT molecular complexity index is 713. The van der Waals surface area contributed by atoms with E-state index in [4.69, 9.17) is 9.47 Å². The van der Waals surface area contributed by atoms with Crippen LogP contribution in [0.5, 0.6) is 11.5 Å². The van der Waals surface area contributed by atoms with Crippen LogP contribution < -0.4 is 14.8 Å². The summed E-state index contributed by atoms with van der Waals surface area (Å²) < 4.78 is 10.4. The Morgan fingerprint density at radius 3 is 2.65 bits per heavy atom. The van der Waals surface area contributed by atoms with Gasteiger partial charge in [0.15, 0.2) is 17.2 Å². The number of amides is 1. The van der Waals surface area contributed by atoms with E-state index in [1.165, 1.54) is 0 Å². The highest BCUT2D eigenvalue weighted by Crippen LogP contribution is 2.27. The Kier molecular flexibility index (Phi) is 5.13. The lowest BCUT2D eigenvalue weighted by molar-refractivity contribution is -0.389. The molecule has 0 unspecified atom stereocenters. The normalized spacial score (nSPS) is 10.2. The number of hydrogen-bond donors (Lipinski definition) is 2. The summed E-state index contributed by atoms with van der Waals surface area (Å²) in [6.07, 6.45) is 0.568. The fraction of sp³-hybridized carbons (Fsp3) is 0.286. The van der Waals surface area contributed by atoms with Crippen molar-refractivity contribution in [2.45, 2.75) is 6.42 Å². The highest BCUT2D eigenvalue weighted by molar-refractivity contribution is 5.92. The van der Waals surface area contributed by atoms with Crippen LogP contribution in [0.4, 0.5) is 5.82 Å². The first kappa shape index (κ1) is 16.3. The summed E-state index contributed by atoms with van der Waals surface area (Å²) in [6, 6.07) is 6.57. The molecule has 9 nitrogen and oxygen atoms in total.